The second kappa shape index (κ2) is 12.0. The summed E-state index contributed by atoms with van der Waals surface area (Å²) in [6.07, 6.45) is 0.881. The Morgan fingerprint density at radius 2 is 1.51 bits per heavy atom. The molecule has 3 rings (SSSR count). The first-order chi connectivity index (χ1) is 16.6. The number of hydrogen-bond acceptors (Lipinski definition) is 2. The van der Waals surface area contributed by atoms with Gasteiger partial charge in [0.1, 0.15) is 11.9 Å². The van der Waals surface area contributed by atoms with Crippen LogP contribution in [0.4, 0.5) is 4.39 Å². The van der Waals surface area contributed by atoms with Crippen molar-refractivity contribution in [3.63, 3.8) is 0 Å². The molecule has 0 saturated carbocycles. The minimum Gasteiger partial charge on any atom is -0.350 e. The molecule has 3 aromatic rings. The molecule has 1 atom stereocenters. The first-order valence-electron chi connectivity index (χ1n) is 11.8. The highest BCUT2D eigenvalue weighted by Gasteiger charge is 2.32. The zero-order chi connectivity index (χ0) is 25.4. The summed E-state index contributed by atoms with van der Waals surface area (Å²) in [5, 5.41) is 3.60. The zero-order valence-corrected chi connectivity index (χ0v) is 21.2. The Labute approximate surface area is 212 Å². The molecule has 0 bridgehead atoms. The average molecular weight is 495 g/mol. The maximum Gasteiger partial charge on any atom is 0.243 e. The van der Waals surface area contributed by atoms with Crippen LogP contribution >= 0.6 is 11.6 Å². The molecule has 3 aromatic carbocycles. The van der Waals surface area contributed by atoms with Gasteiger partial charge in [0.2, 0.25) is 11.8 Å². The van der Waals surface area contributed by atoms with Crippen molar-refractivity contribution in [2.24, 2.45) is 0 Å². The lowest BCUT2D eigenvalue weighted by molar-refractivity contribution is -0.142. The van der Waals surface area contributed by atoms with Crippen LogP contribution < -0.4 is 5.32 Å². The normalized spacial score (nSPS) is 12.1. The lowest BCUT2D eigenvalue weighted by atomic mass is 9.99. The molecule has 0 unspecified atom stereocenters. The number of aryl methyl sites for hydroxylation is 1. The highest BCUT2D eigenvalue weighted by atomic mass is 35.5. The van der Waals surface area contributed by atoms with E-state index in [9.17, 15) is 14.0 Å². The summed E-state index contributed by atoms with van der Waals surface area (Å²) in [4.78, 5) is 28.6. The van der Waals surface area contributed by atoms with Crippen LogP contribution in [0.25, 0.3) is 0 Å². The monoisotopic (exact) mass is 494 g/mol. The van der Waals surface area contributed by atoms with Crippen LogP contribution in [0.5, 0.6) is 0 Å². The fourth-order valence-electron chi connectivity index (χ4n) is 3.90. The van der Waals surface area contributed by atoms with E-state index in [2.05, 4.69) is 5.32 Å². The van der Waals surface area contributed by atoms with Crippen LogP contribution in [0.2, 0.25) is 5.02 Å². The molecule has 0 aliphatic heterocycles. The molecule has 0 aromatic heterocycles. The first-order valence-corrected chi connectivity index (χ1v) is 12.1. The topological polar surface area (TPSA) is 49.4 Å². The molecule has 0 fully saturated rings. The van der Waals surface area contributed by atoms with Crippen molar-refractivity contribution in [2.75, 3.05) is 0 Å². The van der Waals surface area contributed by atoms with E-state index in [1.165, 1.54) is 11.0 Å². The van der Waals surface area contributed by atoms with Crippen molar-refractivity contribution >= 4 is 23.4 Å². The van der Waals surface area contributed by atoms with Gasteiger partial charge in [-0.1, -0.05) is 78.3 Å². The number of amides is 2. The lowest BCUT2D eigenvalue weighted by Crippen LogP contribution is -2.54. The fraction of sp³-hybridized carbons (Fsp3) is 0.310. The predicted octanol–water partition coefficient (Wildman–Crippen LogP) is 5.97. The van der Waals surface area contributed by atoms with E-state index in [-0.39, 0.29) is 24.8 Å². The molecule has 2 amide bonds. The molecule has 0 aliphatic rings. The Balaban J connectivity index is 1.95. The van der Waals surface area contributed by atoms with Gasteiger partial charge in [-0.25, -0.2) is 4.39 Å². The maximum absolute atomic E-state index is 14.6. The fourth-order valence-corrected chi connectivity index (χ4v) is 4.13. The van der Waals surface area contributed by atoms with Crippen molar-refractivity contribution in [3.8, 4) is 0 Å². The molecule has 4 nitrogen and oxygen atoms in total. The number of rotatable bonds is 9. The minimum absolute atomic E-state index is 0.0108. The number of halogens is 2. The lowest BCUT2D eigenvalue weighted by Gasteiger charge is -2.34. The van der Waals surface area contributed by atoms with Crippen molar-refractivity contribution in [1.82, 2.24) is 10.2 Å². The van der Waals surface area contributed by atoms with E-state index in [0.29, 0.717) is 23.4 Å². The van der Waals surface area contributed by atoms with Crippen LogP contribution in [0.15, 0.2) is 78.9 Å². The summed E-state index contributed by atoms with van der Waals surface area (Å²) in [5.74, 6) is -0.923. The zero-order valence-electron chi connectivity index (χ0n) is 20.4. The molecule has 0 radical (unpaired) electrons. The highest BCUT2D eigenvalue weighted by molar-refractivity contribution is 6.31. The standard InChI is InChI=1S/C29H32ClFN2O2/c1-29(2,3)32-28(35)26(19-21-11-5-4-6-12-21)33(20-23-14-8-10-16-25(23)31)27(34)18-17-22-13-7-9-15-24(22)30/h4-16,26H,17-20H2,1-3H3,(H,32,35)/t26-/m1/s1. The summed E-state index contributed by atoms with van der Waals surface area (Å²) in [5.41, 5.74) is 1.64. The van der Waals surface area contributed by atoms with Crippen LogP contribution in [-0.4, -0.2) is 28.3 Å². The van der Waals surface area contributed by atoms with Crippen LogP contribution in [0.3, 0.4) is 0 Å². The maximum atomic E-state index is 14.6. The Morgan fingerprint density at radius 3 is 2.14 bits per heavy atom. The third-order valence-corrected chi connectivity index (χ3v) is 6.00. The van der Waals surface area contributed by atoms with Gasteiger partial charge in [0.15, 0.2) is 0 Å². The number of nitrogens with one attached hydrogen (secondary N) is 1. The minimum atomic E-state index is -0.810. The number of nitrogens with zero attached hydrogens (tertiary/aromatic N) is 1. The van der Waals surface area contributed by atoms with Crippen LogP contribution in [0.1, 0.15) is 43.9 Å². The van der Waals surface area contributed by atoms with Gasteiger partial charge in [-0.15, -0.1) is 0 Å². The number of carbonyl (C=O) groups is 2. The van der Waals surface area contributed by atoms with Gasteiger partial charge in [-0.05, 0) is 50.5 Å². The van der Waals surface area contributed by atoms with E-state index in [1.807, 2.05) is 69.3 Å². The first kappa shape index (κ1) is 26.4. The van der Waals surface area contributed by atoms with Crippen molar-refractivity contribution < 1.29 is 14.0 Å². The Hall–Kier alpha value is -3.18. The van der Waals surface area contributed by atoms with E-state index in [0.717, 1.165) is 11.1 Å². The number of hydrogen-bond donors (Lipinski definition) is 1. The molecule has 6 heteroatoms. The smallest absolute Gasteiger partial charge is 0.243 e. The molecular weight excluding hydrogens is 463 g/mol. The summed E-state index contributed by atoms with van der Waals surface area (Å²) in [6.45, 7) is 5.67. The molecule has 0 spiro atoms. The van der Waals surface area contributed by atoms with Gasteiger partial charge in [-0.3, -0.25) is 9.59 Å². The Kier molecular flexibility index (Phi) is 9.05. The quantitative estimate of drug-likeness (QED) is 0.398. The van der Waals surface area contributed by atoms with E-state index in [1.54, 1.807) is 24.3 Å². The largest absolute Gasteiger partial charge is 0.350 e. The Morgan fingerprint density at radius 1 is 0.914 bits per heavy atom. The Bertz CT molecular complexity index is 1140. The molecule has 1 N–H and O–H groups in total. The molecule has 35 heavy (non-hydrogen) atoms. The summed E-state index contributed by atoms with van der Waals surface area (Å²) >= 11 is 6.29. The molecule has 0 heterocycles. The van der Waals surface area contributed by atoms with Crippen molar-refractivity contribution in [3.05, 3.63) is 106 Å². The third-order valence-electron chi connectivity index (χ3n) is 5.63. The summed E-state index contributed by atoms with van der Waals surface area (Å²) in [7, 11) is 0. The van der Waals surface area contributed by atoms with E-state index in [4.69, 9.17) is 11.6 Å². The number of benzene rings is 3. The SMILES string of the molecule is CC(C)(C)NC(=O)[C@@H](Cc1ccccc1)N(Cc1ccccc1F)C(=O)CCc1ccccc1Cl. The summed E-state index contributed by atoms with van der Waals surface area (Å²) in [6, 6.07) is 22.5. The number of carbonyl (C=O) groups excluding carboxylic acids is 2. The molecule has 0 aliphatic carbocycles. The molecule has 184 valence electrons. The van der Waals surface area contributed by atoms with Crippen molar-refractivity contribution in [2.45, 2.75) is 58.2 Å². The summed E-state index contributed by atoms with van der Waals surface area (Å²) < 4.78 is 14.6. The molecule has 0 saturated heterocycles. The molecular formula is C29H32ClFN2O2. The second-order valence-corrected chi connectivity index (χ2v) is 10.1. The van der Waals surface area contributed by atoms with E-state index < -0.39 is 17.4 Å². The van der Waals surface area contributed by atoms with Gasteiger partial charge < -0.3 is 10.2 Å². The average Bonchev–Trinajstić information content (AvgIpc) is 2.81. The van der Waals surface area contributed by atoms with Gasteiger partial charge in [0.05, 0.1) is 0 Å². The van der Waals surface area contributed by atoms with E-state index >= 15 is 0 Å². The van der Waals surface area contributed by atoms with Gasteiger partial charge in [0, 0.05) is 35.5 Å². The van der Waals surface area contributed by atoms with Gasteiger partial charge in [-0.2, -0.15) is 0 Å². The van der Waals surface area contributed by atoms with Crippen LogP contribution in [0, 0.1) is 5.82 Å². The van der Waals surface area contributed by atoms with Crippen molar-refractivity contribution in [1.29, 1.82) is 0 Å². The van der Waals surface area contributed by atoms with Gasteiger partial charge in [0.25, 0.3) is 0 Å². The highest BCUT2D eigenvalue weighted by Crippen LogP contribution is 2.21. The van der Waals surface area contributed by atoms with Crippen LogP contribution in [-0.2, 0) is 29.0 Å². The second-order valence-electron chi connectivity index (χ2n) is 9.65. The van der Waals surface area contributed by atoms with Gasteiger partial charge >= 0.3 is 0 Å². The third kappa shape index (κ3) is 7.93. The predicted molar refractivity (Wildman–Crippen MR) is 139 cm³/mol.